The van der Waals surface area contributed by atoms with Crippen LogP contribution in [0.1, 0.15) is 0 Å². The lowest BCUT2D eigenvalue weighted by Gasteiger charge is -2.41. The number of fused-ring (bicyclic) bond motifs is 3. The Hall–Kier alpha value is -0.810. The molecule has 0 bridgehead atoms. The highest BCUT2D eigenvalue weighted by atomic mass is 79.9. The van der Waals surface area contributed by atoms with E-state index in [0.717, 1.165) is 42.3 Å². The first-order valence-electron chi connectivity index (χ1n) is 5.08. The first-order valence-corrected chi connectivity index (χ1v) is 5.88. The monoisotopic (exact) mass is 269 g/mol. The van der Waals surface area contributed by atoms with Crippen LogP contribution in [0.15, 0.2) is 16.7 Å². The summed E-state index contributed by atoms with van der Waals surface area (Å²) < 4.78 is 6.47. The van der Waals surface area contributed by atoms with Gasteiger partial charge < -0.3 is 15.0 Å². The van der Waals surface area contributed by atoms with Gasteiger partial charge >= 0.3 is 0 Å². The summed E-state index contributed by atoms with van der Waals surface area (Å²) >= 11 is 3.43. The molecule has 0 saturated carbocycles. The van der Waals surface area contributed by atoms with Crippen molar-refractivity contribution in [2.24, 2.45) is 0 Å². The summed E-state index contributed by atoms with van der Waals surface area (Å²) in [6.45, 7) is 3.47. The normalized spacial score (nSPS) is 24.1. The van der Waals surface area contributed by atoms with Crippen LogP contribution in [0.5, 0.6) is 0 Å². The molecule has 2 aliphatic heterocycles. The fourth-order valence-corrected chi connectivity index (χ4v) is 2.45. The summed E-state index contributed by atoms with van der Waals surface area (Å²) in [4.78, 5) is 6.80. The van der Waals surface area contributed by atoms with Gasteiger partial charge in [0.2, 0.25) is 0 Å². The van der Waals surface area contributed by atoms with Crippen LogP contribution in [0.25, 0.3) is 0 Å². The second-order valence-electron chi connectivity index (χ2n) is 3.83. The van der Waals surface area contributed by atoms with E-state index in [2.05, 4.69) is 37.2 Å². The third-order valence-corrected chi connectivity index (χ3v) is 3.29. The zero-order valence-electron chi connectivity index (χ0n) is 8.24. The minimum Gasteiger partial charge on any atom is -0.380 e. The van der Waals surface area contributed by atoms with E-state index in [1.165, 1.54) is 0 Å². The van der Waals surface area contributed by atoms with Crippen molar-refractivity contribution in [3.63, 3.8) is 0 Å². The summed E-state index contributed by atoms with van der Waals surface area (Å²) in [7, 11) is 0. The van der Waals surface area contributed by atoms with Gasteiger partial charge in [0.1, 0.15) is 0 Å². The number of ether oxygens (including phenoxy) is 1. The van der Waals surface area contributed by atoms with Gasteiger partial charge in [0.05, 0.1) is 24.9 Å². The number of hydrogen-bond donors (Lipinski definition) is 1. The number of aromatic nitrogens is 1. The average Bonchev–Trinajstić information content (AvgIpc) is 2.28. The van der Waals surface area contributed by atoms with Crippen molar-refractivity contribution in [2.45, 2.75) is 6.04 Å². The molecule has 3 heterocycles. The molecule has 1 atom stereocenters. The summed E-state index contributed by atoms with van der Waals surface area (Å²) in [5, 5.41) is 3.39. The predicted molar refractivity (Wildman–Crippen MR) is 62.4 cm³/mol. The van der Waals surface area contributed by atoms with E-state index < -0.39 is 0 Å². The molecule has 80 valence electrons. The van der Waals surface area contributed by atoms with Crippen molar-refractivity contribution in [1.29, 1.82) is 0 Å². The Morgan fingerprint density at radius 1 is 1.60 bits per heavy atom. The molecule has 0 spiro atoms. The second-order valence-corrected chi connectivity index (χ2v) is 4.74. The quantitative estimate of drug-likeness (QED) is 0.774. The minimum absolute atomic E-state index is 0.430. The second kappa shape index (κ2) is 3.64. The Labute approximate surface area is 96.8 Å². The van der Waals surface area contributed by atoms with Crippen molar-refractivity contribution < 1.29 is 4.74 Å². The number of nitrogens with zero attached hydrogens (tertiary/aromatic N) is 2. The van der Waals surface area contributed by atoms with E-state index in [-0.39, 0.29) is 0 Å². The molecular weight excluding hydrogens is 258 g/mol. The minimum atomic E-state index is 0.430. The molecule has 1 N–H and O–H groups in total. The molecule has 1 unspecified atom stereocenters. The molecular formula is C10H12BrN3O. The van der Waals surface area contributed by atoms with Crippen LogP contribution >= 0.6 is 15.9 Å². The maximum Gasteiger partial charge on any atom is 0.152 e. The van der Waals surface area contributed by atoms with Gasteiger partial charge in [-0.1, -0.05) is 0 Å². The third kappa shape index (κ3) is 1.59. The lowest BCUT2D eigenvalue weighted by Crippen LogP contribution is -2.52. The molecule has 0 aromatic carbocycles. The first-order chi connectivity index (χ1) is 7.34. The van der Waals surface area contributed by atoms with Gasteiger partial charge in [-0.05, 0) is 22.0 Å². The predicted octanol–water partition coefficient (Wildman–Crippen LogP) is 1.47. The van der Waals surface area contributed by atoms with E-state index in [0.29, 0.717) is 6.04 Å². The van der Waals surface area contributed by atoms with Crippen LogP contribution in [0.4, 0.5) is 11.5 Å². The van der Waals surface area contributed by atoms with Crippen LogP contribution in [-0.2, 0) is 4.74 Å². The van der Waals surface area contributed by atoms with Crippen molar-refractivity contribution in [1.82, 2.24) is 4.98 Å². The number of pyridine rings is 1. The van der Waals surface area contributed by atoms with Gasteiger partial charge in [-0.25, -0.2) is 4.98 Å². The molecule has 1 aromatic heterocycles. The molecule has 2 aliphatic rings. The van der Waals surface area contributed by atoms with Crippen LogP contribution in [0, 0.1) is 0 Å². The van der Waals surface area contributed by atoms with E-state index in [1.54, 1.807) is 0 Å². The number of morpholine rings is 1. The van der Waals surface area contributed by atoms with E-state index in [4.69, 9.17) is 4.74 Å². The van der Waals surface area contributed by atoms with Gasteiger partial charge in [-0.15, -0.1) is 0 Å². The Morgan fingerprint density at radius 3 is 3.47 bits per heavy atom. The summed E-state index contributed by atoms with van der Waals surface area (Å²) in [5.41, 5.74) is 1.11. The SMILES string of the molecule is Brc1cnc2c(c1)NCC1COCCN21. The molecule has 5 heteroatoms. The Bertz CT molecular complexity index is 385. The van der Waals surface area contributed by atoms with Crippen molar-refractivity contribution >= 4 is 27.4 Å². The highest BCUT2D eigenvalue weighted by molar-refractivity contribution is 9.10. The van der Waals surface area contributed by atoms with Crippen molar-refractivity contribution in [2.75, 3.05) is 36.5 Å². The molecule has 0 radical (unpaired) electrons. The van der Waals surface area contributed by atoms with Gasteiger partial charge in [0.15, 0.2) is 5.82 Å². The largest absolute Gasteiger partial charge is 0.380 e. The maximum atomic E-state index is 5.46. The third-order valence-electron chi connectivity index (χ3n) is 2.86. The van der Waals surface area contributed by atoms with Crippen LogP contribution in [-0.4, -0.2) is 37.3 Å². The first kappa shape index (κ1) is 9.42. The highest BCUT2D eigenvalue weighted by Gasteiger charge is 2.29. The molecule has 1 saturated heterocycles. The number of anilines is 2. The van der Waals surface area contributed by atoms with Gasteiger partial charge in [-0.2, -0.15) is 0 Å². The fraction of sp³-hybridized carbons (Fsp3) is 0.500. The van der Waals surface area contributed by atoms with Crippen LogP contribution in [0.3, 0.4) is 0 Å². The highest BCUT2D eigenvalue weighted by Crippen LogP contribution is 2.32. The standard InChI is InChI=1S/C10H12BrN3O/c11-7-3-9-10(13-4-7)14-1-2-15-6-8(14)5-12-9/h3-4,8,12H,1-2,5-6H2. The summed E-state index contributed by atoms with van der Waals surface area (Å²) in [6.07, 6.45) is 1.85. The zero-order chi connectivity index (χ0) is 10.3. The summed E-state index contributed by atoms with van der Waals surface area (Å²) in [6, 6.07) is 2.51. The number of rotatable bonds is 0. The molecule has 1 fully saturated rings. The number of nitrogens with one attached hydrogen (secondary N) is 1. The Balaban J connectivity index is 1.99. The average molecular weight is 270 g/mol. The smallest absolute Gasteiger partial charge is 0.152 e. The lowest BCUT2D eigenvalue weighted by atomic mass is 10.1. The van der Waals surface area contributed by atoms with Gasteiger partial charge in [0.25, 0.3) is 0 Å². The maximum absolute atomic E-state index is 5.46. The topological polar surface area (TPSA) is 37.4 Å². The van der Waals surface area contributed by atoms with Gasteiger partial charge in [-0.3, -0.25) is 0 Å². The lowest BCUT2D eigenvalue weighted by molar-refractivity contribution is 0.0959. The molecule has 0 aliphatic carbocycles. The van der Waals surface area contributed by atoms with Crippen molar-refractivity contribution in [3.8, 4) is 0 Å². The Morgan fingerprint density at radius 2 is 2.53 bits per heavy atom. The number of hydrogen-bond acceptors (Lipinski definition) is 4. The molecule has 0 amide bonds. The zero-order valence-corrected chi connectivity index (χ0v) is 9.83. The van der Waals surface area contributed by atoms with Gasteiger partial charge in [0, 0.05) is 23.8 Å². The Kier molecular flexibility index (Phi) is 2.29. The summed E-state index contributed by atoms with van der Waals surface area (Å²) in [5.74, 6) is 1.05. The van der Waals surface area contributed by atoms with E-state index in [9.17, 15) is 0 Å². The van der Waals surface area contributed by atoms with Crippen molar-refractivity contribution in [3.05, 3.63) is 16.7 Å². The van der Waals surface area contributed by atoms with Crippen LogP contribution in [0.2, 0.25) is 0 Å². The fourth-order valence-electron chi connectivity index (χ4n) is 2.12. The molecule has 1 aromatic rings. The molecule has 15 heavy (non-hydrogen) atoms. The molecule has 3 rings (SSSR count). The molecule has 4 nitrogen and oxygen atoms in total. The van der Waals surface area contributed by atoms with E-state index >= 15 is 0 Å². The number of halogens is 1. The van der Waals surface area contributed by atoms with E-state index in [1.807, 2.05) is 6.20 Å². The van der Waals surface area contributed by atoms with Crippen LogP contribution < -0.4 is 10.2 Å².